The number of hydrogen-bond acceptors (Lipinski definition) is 12. The lowest BCUT2D eigenvalue weighted by atomic mass is 9.57. The van der Waals surface area contributed by atoms with Gasteiger partial charge in [0.25, 0.3) is 0 Å². The first-order valence-electron chi connectivity index (χ1n) is 19.4. The summed E-state index contributed by atoms with van der Waals surface area (Å²) >= 11 is 0. The number of imide groups is 1. The molecule has 5 aromatic rings. The summed E-state index contributed by atoms with van der Waals surface area (Å²) in [7, 11) is 0. The maximum Gasteiger partial charge on any atom is 0.328 e. The molecule has 4 aliphatic rings. The molecule has 56 heavy (non-hydrogen) atoms. The van der Waals surface area contributed by atoms with Crippen LogP contribution in [0, 0.1) is 34.0 Å². The average molecular weight is 751 g/mol. The third kappa shape index (κ3) is 6.81. The smallest absolute Gasteiger partial charge is 0.328 e. The van der Waals surface area contributed by atoms with E-state index in [1.165, 1.54) is 51.4 Å². The summed E-state index contributed by atoms with van der Waals surface area (Å²) in [5.41, 5.74) is 5.61. The Balaban J connectivity index is 0.757. The zero-order valence-electron chi connectivity index (χ0n) is 31.2. The van der Waals surface area contributed by atoms with Crippen molar-refractivity contribution in [2.75, 3.05) is 36.4 Å². The Kier molecular flexibility index (Phi) is 9.13. The number of rotatable bonds is 10. The highest BCUT2D eigenvalue weighted by Crippen LogP contribution is 2.56. The van der Waals surface area contributed by atoms with Crippen molar-refractivity contribution in [3.8, 4) is 23.6 Å². The van der Waals surface area contributed by atoms with Crippen LogP contribution in [0.2, 0.25) is 0 Å². The van der Waals surface area contributed by atoms with Crippen LogP contribution in [0.3, 0.4) is 0 Å². The summed E-state index contributed by atoms with van der Waals surface area (Å²) in [6.45, 7) is 5.66. The van der Waals surface area contributed by atoms with E-state index in [1.807, 2.05) is 24.4 Å². The van der Waals surface area contributed by atoms with E-state index >= 15 is 0 Å². The summed E-state index contributed by atoms with van der Waals surface area (Å²) in [5, 5.41) is 38.8. The van der Waals surface area contributed by atoms with Gasteiger partial charge in [-0.05, 0) is 87.9 Å². The topological polar surface area (TPSA) is 199 Å². The van der Waals surface area contributed by atoms with Crippen LogP contribution in [0.25, 0.3) is 22.5 Å². The van der Waals surface area contributed by atoms with Gasteiger partial charge in [-0.3, -0.25) is 20.0 Å². The highest BCUT2D eigenvalue weighted by molar-refractivity contribution is 6.05. The Morgan fingerprint density at radius 3 is 2.57 bits per heavy atom. The number of nitrogens with one attached hydrogen (secondary N) is 2. The van der Waals surface area contributed by atoms with Gasteiger partial charge in [-0.1, -0.05) is 5.21 Å². The molecule has 5 aromatic heterocycles. The fraction of sp³-hybridized carbons (Fsp3) is 0.450. The van der Waals surface area contributed by atoms with Crippen LogP contribution in [0.1, 0.15) is 87.1 Å². The molecule has 0 unspecified atom stereocenters. The molecule has 0 aromatic carbocycles. The number of carbonyl (C=O) groups is 2. The number of nitriles is 2. The van der Waals surface area contributed by atoms with Gasteiger partial charge in [0, 0.05) is 61.2 Å². The molecule has 2 aliphatic carbocycles. The second-order valence-corrected chi connectivity index (χ2v) is 16.0. The maximum atomic E-state index is 12.2. The molecular formula is C40H42N14O2. The van der Waals surface area contributed by atoms with E-state index in [2.05, 4.69) is 53.1 Å². The zero-order chi connectivity index (χ0) is 38.4. The van der Waals surface area contributed by atoms with Crippen molar-refractivity contribution in [3.05, 3.63) is 72.2 Å². The lowest BCUT2D eigenvalue weighted by Crippen LogP contribution is -2.61. The van der Waals surface area contributed by atoms with Gasteiger partial charge in [-0.15, -0.1) is 5.10 Å². The van der Waals surface area contributed by atoms with Crippen molar-refractivity contribution in [2.24, 2.45) is 11.3 Å². The number of anilines is 2. The van der Waals surface area contributed by atoms with Gasteiger partial charge in [0.2, 0.25) is 5.91 Å². The van der Waals surface area contributed by atoms with Gasteiger partial charge in [0.05, 0.1) is 53.5 Å². The van der Waals surface area contributed by atoms with Gasteiger partial charge in [0.15, 0.2) is 11.5 Å². The number of carbonyl (C=O) groups excluding carboxylic acids is 2. The summed E-state index contributed by atoms with van der Waals surface area (Å²) in [4.78, 5) is 41.6. The molecule has 16 heteroatoms. The number of aromatic nitrogens is 8. The maximum absolute atomic E-state index is 12.2. The summed E-state index contributed by atoms with van der Waals surface area (Å²) < 4.78 is 3.35. The predicted molar refractivity (Wildman–Crippen MR) is 205 cm³/mol. The second kappa shape index (κ2) is 14.4. The molecule has 1 atom stereocenters. The molecule has 0 radical (unpaired) electrons. The van der Waals surface area contributed by atoms with E-state index in [0.717, 1.165) is 41.8 Å². The second-order valence-electron chi connectivity index (χ2n) is 16.0. The first-order chi connectivity index (χ1) is 27.3. The van der Waals surface area contributed by atoms with Gasteiger partial charge in [-0.25, -0.2) is 19.4 Å². The Bertz CT molecular complexity index is 2370. The number of pyridine rings is 3. The first kappa shape index (κ1) is 35.4. The largest absolute Gasteiger partial charge is 0.368 e. The number of likely N-dealkylation sites (tertiary alicyclic amines) is 1. The van der Waals surface area contributed by atoms with Crippen molar-refractivity contribution >= 4 is 34.3 Å². The van der Waals surface area contributed by atoms with Crippen LogP contribution in [-0.4, -0.2) is 88.8 Å². The standard InChI is InChI=1S/C40H42N14O2/c1-25(16-41)47-33-13-36(54-38-29(19-46-54)12-27(17-42)18-45-38)44-21-35(33)53-22-34(49-50-53)28-4-2-26(3-5-28)8-10-51-23-40(24-51)14-30(15-40)32-7-6-31(20-43-32)52-11-9-37(55)48-39(52)56/h6-7,12-13,18-22,25-26,28,30H,2-5,8-11,14-15,23-24H2,1H3,(H,44,47)(H,48,55,56)/t25-,26?,28?/m1/s1. The zero-order valence-corrected chi connectivity index (χ0v) is 31.2. The summed E-state index contributed by atoms with van der Waals surface area (Å²) in [6, 6.07) is 11.1. The third-order valence-electron chi connectivity index (χ3n) is 12.1. The summed E-state index contributed by atoms with van der Waals surface area (Å²) in [6.07, 6.45) is 17.0. The van der Waals surface area contributed by atoms with Gasteiger partial charge in [-0.2, -0.15) is 20.3 Å². The van der Waals surface area contributed by atoms with Crippen molar-refractivity contribution in [1.82, 2.24) is 49.9 Å². The molecule has 0 bridgehead atoms. The molecule has 2 N–H and O–H groups in total. The van der Waals surface area contributed by atoms with Crippen molar-refractivity contribution < 1.29 is 9.59 Å². The third-order valence-corrected chi connectivity index (χ3v) is 12.1. The number of hydrogen-bond donors (Lipinski definition) is 2. The minimum absolute atomic E-state index is 0.232. The number of amides is 3. The van der Waals surface area contributed by atoms with Crippen LogP contribution >= 0.6 is 0 Å². The molecule has 9 rings (SSSR count). The molecule has 16 nitrogen and oxygen atoms in total. The highest BCUT2D eigenvalue weighted by Gasteiger charge is 2.52. The van der Waals surface area contributed by atoms with Crippen molar-refractivity contribution in [3.63, 3.8) is 0 Å². The number of fused-ring (bicyclic) bond motifs is 1. The van der Waals surface area contributed by atoms with Crippen LogP contribution in [0.15, 0.2) is 55.2 Å². The van der Waals surface area contributed by atoms with E-state index in [4.69, 9.17) is 4.98 Å². The molecule has 3 amide bonds. The minimum Gasteiger partial charge on any atom is -0.368 e. The van der Waals surface area contributed by atoms with E-state index < -0.39 is 6.04 Å². The van der Waals surface area contributed by atoms with E-state index in [-0.39, 0.29) is 11.9 Å². The quantitative estimate of drug-likeness (QED) is 0.194. The monoisotopic (exact) mass is 750 g/mol. The van der Waals surface area contributed by atoms with Crippen LogP contribution in [0.5, 0.6) is 0 Å². The van der Waals surface area contributed by atoms with Gasteiger partial charge in [0.1, 0.15) is 17.8 Å². The summed E-state index contributed by atoms with van der Waals surface area (Å²) in [5.74, 6) is 1.82. The van der Waals surface area contributed by atoms with Crippen molar-refractivity contribution in [2.45, 2.75) is 76.2 Å². The molecule has 284 valence electrons. The van der Waals surface area contributed by atoms with Gasteiger partial charge < -0.3 is 10.2 Å². The van der Waals surface area contributed by atoms with Crippen LogP contribution < -0.4 is 15.5 Å². The lowest BCUT2D eigenvalue weighted by molar-refractivity contribution is -0.120. The van der Waals surface area contributed by atoms with E-state index in [1.54, 1.807) is 45.8 Å². The molecule has 2 saturated heterocycles. The lowest BCUT2D eigenvalue weighted by Gasteiger charge is -2.59. The molecule has 2 aliphatic heterocycles. The molecule has 1 spiro atoms. The fourth-order valence-electron chi connectivity index (χ4n) is 9.08. The SMILES string of the molecule is C[C@H](C#N)Nc1cc(-n2ncc3cc(C#N)cnc32)ncc1-n1cc(C2CCC(CCN3CC4(CC(c5ccc(N6CCC(=O)NC6=O)cn5)C4)C3)CC2)nn1. The Morgan fingerprint density at radius 1 is 0.982 bits per heavy atom. The Morgan fingerprint density at radius 2 is 1.82 bits per heavy atom. The molecular weight excluding hydrogens is 709 g/mol. The van der Waals surface area contributed by atoms with Crippen LogP contribution in [0.4, 0.5) is 16.2 Å². The average Bonchev–Trinajstić information content (AvgIpc) is 3.85. The normalized spacial score (nSPS) is 21.5. The van der Waals surface area contributed by atoms with Crippen LogP contribution in [-0.2, 0) is 4.79 Å². The predicted octanol–water partition coefficient (Wildman–Crippen LogP) is 4.98. The Hall–Kier alpha value is -6.26. The highest BCUT2D eigenvalue weighted by atomic mass is 16.2. The van der Waals surface area contributed by atoms with Crippen molar-refractivity contribution in [1.29, 1.82) is 10.5 Å². The molecule has 2 saturated carbocycles. The van der Waals surface area contributed by atoms with E-state index in [0.29, 0.717) is 64.5 Å². The van der Waals surface area contributed by atoms with E-state index in [9.17, 15) is 20.1 Å². The first-order valence-corrected chi connectivity index (χ1v) is 19.4. The Labute approximate surface area is 323 Å². The van der Waals surface area contributed by atoms with Gasteiger partial charge >= 0.3 is 6.03 Å². The molecule has 7 heterocycles. The fourth-order valence-corrected chi connectivity index (χ4v) is 9.08. The molecule has 4 fully saturated rings. The number of urea groups is 1. The minimum atomic E-state index is -0.464. The number of nitrogens with zero attached hydrogens (tertiary/aromatic N) is 12.